The predicted octanol–water partition coefficient (Wildman–Crippen LogP) is 6.12. The van der Waals surface area contributed by atoms with Crippen LogP contribution in [0.15, 0.2) is 47.8 Å². The van der Waals surface area contributed by atoms with Gasteiger partial charge in [0.15, 0.2) is 0 Å². The number of carbonyl (C=O) groups is 1. The number of hydrogen-bond acceptors (Lipinski definition) is 8. The van der Waals surface area contributed by atoms with Gasteiger partial charge in [-0.2, -0.15) is 10.4 Å². The molecule has 236 valence electrons. The summed E-state index contributed by atoms with van der Waals surface area (Å²) in [5, 5.41) is 14.9. The van der Waals surface area contributed by atoms with E-state index < -0.39 is 25.1 Å². The summed E-state index contributed by atoms with van der Waals surface area (Å²) >= 11 is 0. The lowest BCUT2D eigenvalue weighted by Gasteiger charge is -2.20. The van der Waals surface area contributed by atoms with Gasteiger partial charge in [0.2, 0.25) is 5.43 Å². The Morgan fingerprint density at radius 1 is 1.16 bits per heavy atom. The second-order valence-corrected chi connectivity index (χ2v) is 19.5. The van der Waals surface area contributed by atoms with Crippen LogP contribution in [-0.2, 0) is 27.5 Å². The first-order valence-corrected chi connectivity index (χ1v) is 19.0. The number of hydrogen-bond donors (Lipinski definition) is 0. The summed E-state index contributed by atoms with van der Waals surface area (Å²) in [4.78, 5) is 31.3. The molecule has 2 heterocycles. The standard InChI is InChI=1S/C34H41N5O5Si/c1-22(33(41)44-34(2,3)4)31-32(40)25-10-8-9-11-27(25)39(37-31)19-30-36-26-16-24(18-35)29(43-20-23-12-13-23)17-28(26)38(30)21-42-14-15-45(5,6)7/h8-11,16-17,23H,1,12-15,19-21H2,2-7H3. The van der Waals surface area contributed by atoms with E-state index in [2.05, 4.69) is 37.4 Å². The van der Waals surface area contributed by atoms with Crippen LogP contribution < -0.4 is 10.2 Å². The van der Waals surface area contributed by atoms with Gasteiger partial charge in [-0.1, -0.05) is 38.4 Å². The van der Waals surface area contributed by atoms with Crippen LogP contribution >= 0.6 is 0 Å². The summed E-state index contributed by atoms with van der Waals surface area (Å²) in [7, 11) is -1.32. The first-order valence-electron chi connectivity index (χ1n) is 15.3. The van der Waals surface area contributed by atoms with Crippen LogP contribution in [0.2, 0.25) is 25.7 Å². The third-order valence-electron chi connectivity index (χ3n) is 7.52. The van der Waals surface area contributed by atoms with Crippen LogP contribution in [0.4, 0.5) is 0 Å². The minimum atomic E-state index is -1.32. The average Bonchev–Trinajstić information content (AvgIpc) is 3.74. The number of esters is 1. The van der Waals surface area contributed by atoms with E-state index in [1.54, 1.807) is 49.7 Å². The van der Waals surface area contributed by atoms with Gasteiger partial charge in [-0.25, -0.2) is 9.78 Å². The van der Waals surface area contributed by atoms with E-state index in [1.165, 1.54) is 0 Å². The number of imidazole rings is 1. The molecule has 0 radical (unpaired) electrons. The smallest absolute Gasteiger partial charge is 0.340 e. The zero-order valence-electron chi connectivity index (χ0n) is 27.0. The molecule has 1 aliphatic rings. The highest BCUT2D eigenvalue weighted by molar-refractivity contribution is 6.76. The fourth-order valence-electron chi connectivity index (χ4n) is 4.83. The molecule has 0 bridgehead atoms. The minimum Gasteiger partial charge on any atom is -0.492 e. The molecule has 10 nitrogen and oxygen atoms in total. The number of nitriles is 1. The number of fused-ring (bicyclic) bond motifs is 2. The molecule has 5 rings (SSSR count). The van der Waals surface area contributed by atoms with Crippen molar-refractivity contribution < 1.29 is 19.0 Å². The molecule has 45 heavy (non-hydrogen) atoms. The van der Waals surface area contributed by atoms with E-state index in [0.717, 1.165) is 24.4 Å². The number of para-hydroxylation sites is 1. The van der Waals surface area contributed by atoms with Crippen LogP contribution in [0.5, 0.6) is 5.75 Å². The van der Waals surface area contributed by atoms with Crippen LogP contribution in [0.25, 0.3) is 27.5 Å². The second kappa shape index (κ2) is 12.6. The summed E-state index contributed by atoms with van der Waals surface area (Å²) in [5.41, 5.74) is 1.02. The zero-order chi connectivity index (χ0) is 32.5. The maximum Gasteiger partial charge on any atom is 0.340 e. The van der Waals surface area contributed by atoms with Crippen molar-refractivity contribution in [3.05, 3.63) is 70.3 Å². The highest BCUT2D eigenvalue weighted by Crippen LogP contribution is 2.32. The number of rotatable bonds is 12. The average molecular weight is 628 g/mol. The van der Waals surface area contributed by atoms with Crippen molar-refractivity contribution in [2.24, 2.45) is 5.92 Å². The molecule has 0 saturated heterocycles. The van der Waals surface area contributed by atoms with Crippen LogP contribution in [0.3, 0.4) is 0 Å². The molecular weight excluding hydrogens is 586 g/mol. The zero-order valence-corrected chi connectivity index (χ0v) is 28.0. The Balaban J connectivity index is 1.59. The molecule has 1 aliphatic carbocycles. The van der Waals surface area contributed by atoms with E-state index in [4.69, 9.17) is 19.2 Å². The molecule has 0 amide bonds. The molecule has 1 saturated carbocycles. The van der Waals surface area contributed by atoms with Crippen molar-refractivity contribution in [2.45, 2.75) is 78.2 Å². The van der Waals surface area contributed by atoms with Gasteiger partial charge in [0.05, 0.1) is 40.8 Å². The summed E-state index contributed by atoms with van der Waals surface area (Å²) in [6.07, 6.45) is 2.28. The van der Waals surface area contributed by atoms with Gasteiger partial charge in [-0.05, 0) is 63.8 Å². The molecule has 0 atom stereocenters. The SMILES string of the molecule is C=C(C(=O)OC(C)(C)C)c1nn(Cc2nc3cc(C#N)c(OCC4CC4)cc3n2COCC[Si](C)(C)C)c2ccccc2c1=O. The van der Waals surface area contributed by atoms with Gasteiger partial charge < -0.3 is 18.8 Å². The molecule has 0 aliphatic heterocycles. The molecule has 2 aromatic carbocycles. The van der Waals surface area contributed by atoms with Gasteiger partial charge in [0.25, 0.3) is 0 Å². The van der Waals surface area contributed by atoms with Crippen molar-refractivity contribution in [2.75, 3.05) is 13.2 Å². The fraction of sp³-hybridized carbons (Fsp3) is 0.441. The third kappa shape index (κ3) is 7.69. The first kappa shape index (κ1) is 32.1. The molecule has 0 spiro atoms. The third-order valence-corrected chi connectivity index (χ3v) is 9.23. The van der Waals surface area contributed by atoms with Crippen molar-refractivity contribution >= 4 is 41.6 Å². The molecule has 4 aromatic rings. The van der Waals surface area contributed by atoms with E-state index in [0.29, 0.717) is 52.7 Å². The predicted molar refractivity (Wildman–Crippen MR) is 177 cm³/mol. The number of ether oxygens (including phenoxy) is 3. The highest BCUT2D eigenvalue weighted by atomic mass is 28.3. The van der Waals surface area contributed by atoms with E-state index in [-0.39, 0.29) is 24.5 Å². The Labute approximate surface area is 264 Å². The highest BCUT2D eigenvalue weighted by Gasteiger charge is 2.26. The quantitative estimate of drug-likeness (QED) is 0.0797. The van der Waals surface area contributed by atoms with Gasteiger partial charge in [0, 0.05) is 26.1 Å². The maximum atomic E-state index is 13.5. The molecule has 1 fully saturated rings. The van der Waals surface area contributed by atoms with Crippen LogP contribution in [0.1, 0.15) is 50.7 Å². The second-order valence-electron chi connectivity index (χ2n) is 13.8. The van der Waals surface area contributed by atoms with Crippen molar-refractivity contribution in [3.8, 4) is 11.8 Å². The lowest BCUT2D eigenvalue weighted by atomic mass is 10.1. The van der Waals surface area contributed by atoms with Crippen molar-refractivity contribution in [1.29, 1.82) is 5.26 Å². The normalized spacial score (nSPS) is 13.6. The van der Waals surface area contributed by atoms with E-state index in [9.17, 15) is 14.9 Å². The summed E-state index contributed by atoms with van der Waals surface area (Å²) < 4.78 is 21.4. The Bertz CT molecular complexity index is 1870. The maximum absolute atomic E-state index is 13.5. The lowest BCUT2D eigenvalue weighted by molar-refractivity contribution is -0.147. The first-order chi connectivity index (χ1) is 21.2. The largest absolute Gasteiger partial charge is 0.492 e. The Morgan fingerprint density at radius 3 is 2.56 bits per heavy atom. The fourth-order valence-corrected chi connectivity index (χ4v) is 5.58. The monoisotopic (exact) mass is 627 g/mol. The van der Waals surface area contributed by atoms with E-state index >= 15 is 0 Å². The molecule has 2 aromatic heterocycles. The topological polar surface area (TPSA) is 121 Å². The Kier molecular flexibility index (Phi) is 9.01. The molecule has 0 unspecified atom stereocenters. The Morgan fingerprint density at radius 2 is 1.89 bits per heavy atom. The number of benzene rings is 2. The summed E-state index contributed by atoms with van der Waals surface area (Å²) in [5.74, 6) is 0.952. The van der Waals surface area contributed by atoms with Gasteiger partial charge in [-0.3, -0.25) is 9.48 Å². The number of aromatic nitrogens is 4. The van der Waals surface area contributed by atoms with E-state index in [1.807, 2.05) is 16.7 Å². The molecular formula is C34H41N5O5Si. The Hall–Kier alpha value is -4.27. The van der Waals surface area contributed by atoms with Crippen LogP contribution in [-0.4, -0.2) is 52.2 Å². The number of nitrogens with zero attached hydrogens (tertiary/aromatic N) is 5. The minimum absolute atomic E-state index is 0.0838. The number of carbonyl (C=O) groups excluding carboxylic acids is 1. The van der Waals surface area contributed by atoms with Crippen LogP contribution in [0, 0.1) is 17.2 Å². The molecule has 0 N–H and O–H groups in total. The summed E-state index contributed by atoms with van der Waals surface area (Å²) in [6.45, 7) is 17.6. The van der Waals surface area contributed by atoms with Gasteiger partial charge in [-0.15, -0.1) is 0 Å². The van der Waals surface area contributed by atoms with Gasteiger partial charge >= 0.3 is 5.97 Å². The van der Waals surface area contributed by atoms with Crippen molar-refractivity contribution in [3.63, 3.8) is 0 Å². The van der Waals surface area contributed by atoms with Crippen molar-refractivity contribution in [1.82, 2.24) is 19.3 Å². The molecule has 11 heteroatoms. The van der Waals surface area contributed by atoms with Gasteiger partial charge in [0.1, 0.15) is 35.7 Å². The lowest BCUT2D eigenvalue weighted by Crippen LogP contribution is -2.27. The summed E-state index contributed by atoms with van der Waals surface area (Å²) in [6, 6.07) is 14.0.